The van der Waals surface area contributed by atoms with Crippen LogP contribution in [0.15, 0.2) is 42.5 Å². The average Bonchev–Trinajstić information content (AvgIpc) is 3.20. The van der Waals surface area contributed by atoms with E-state index >= 15 is 0 Å². The second-order valence-electron chi connectivity index (χ2n) is 8.28. The van der Waals surface area contributed by atoms with Gasteiger partial charge >= 0.3 is 6.36 Å². The lowest BCUT2D eigenvalue weighted by atomic mass is 9.99. The number of nitrogens with two attached hydrogens (primary N) is 1. The highest BCUT2D eigenvalue weighted by molar-refractivity contribution is 5.99. The number of carbonyl (C=O) groups is 1. The van der Waals surface area contributed by atoms with E-state index in [1.54, 1.807) is 23.1 Å². The molecule has 0 radical (unpaired) electrons. The third-order valence-electron chi connectivity index (χ3n) is 6.18. The summed E-state index contributed by atoms with van der Waals surface area (Å²) in [4.78, 5) is 19.7. The lowest BCUT2D eigenvalue weighted by Crippen LogP contribution is -2.43. The molecule has 3 aromatic rings. The Morgan fingerprint density at radius 2 is 1.97 bits per heavy atom. The van der Waals surface area contributed by atoms with Gasteiger partial charge in [-0.25, -0.2) is 4.98 Å². The Morgan fingerprint density at radius 3 is 2.71 bits per heavy atom. The number of hydrogen-bond donors (Lipinski definition) is 1. The minimum absolute atomic E-state index is 0.167. The van der Waals surface area contributed by atoms with Gasteiger partial charge in [0.1, 0.15) is 11.6 Å². The first-order chi connectivity index (χ1) is 16.2. The summed E-state index contributed by atoms with van der Waals surface area (Å²) in [7, 11) is 0. The summed E-state index contributed by atoms with van der Waals surface area (Å²) >= 11 is 0. The zero-order valence-corrected chi connectivity index (χ0v) is 18.3. The van der Waals surface area contributed by atoms with Gasteiger partial charge < -0.3 is 24.8 Å². The molecular weight excluding hydrogens is 451 g/mol. The molecule has 1 saturated heterocycles. The summed E-state index contributed by atoms with van der Waals surface area (Å²) in [5.41, 5.74) is 9.72. The number of hydrogen-bond acceptors (Lipinski definition) is 6. The molecule has 5 rings (SSSR count). The molecule has 1 aromatic heterocycles. The van der Waals surface area contributed by atoms with E-state index in [2.05, 4.69) is 9.72 Å². The highest BCUT2D eigenvalue weighted by Crippen LogP contribution is 2.38. The SMILES string of the molecule is C[C@@H]1OCc2c1c(N)nc1ccc(C(=O)N3CCOC[C@@H]3c3ccc(OC(F)(F)F)cc3)cc21. The highest BCUT2D eigenvalue weighted by atomic mass is 19.4. The first kappa shape index (κ1) is 22.4. The Hall–Kier alpha value is -3.37. The fourth-order valence-electron chi connectivity index (χ4n) is 4.58. The zero-order valence-electron chi connectivity index (χ0n) is 18.3. The predicted molar refractivity (Wildman–Crippen MR) is 117 cm³/mol. The number of benzene rings is 2. The summed E-state index contributed by atoms with van der Waals surface area (Å²) in [5.74, 6) is -0.0985. The second-order valence-corrected chi connectivity index (χ2v) is 8.28. The quantitative estimate of drug-likeness (QED) is 0.602. The van der Waals surface area contributed by atoms with Gasteiger partial charge in [0.25, 0.3) is 5.91 Å². The Kier molecular flexibility index (Phi) is 5.57. The third-order valence-corrected chi connectivity index (χ3v) is 6.18. The standard InChI is InChI=1S/C24H22F3N3O4/c1-13-21-18(11-33-13)17-10-15(4-7-19(17)29-22(21)28)23(31)30-8-9-32-12-20(30)14-2-5-16(6-3-14)34-24(25,26)27/h2-7,10,13,20H,8-9,11-12H2,1H3,(H2,28,29)/t13-,20+/m0/s1. The maximum atomic E-state index is 13.5. The van der Waals surface area contributed by atoms with Crippen molar-refractivity contribution in [2.75, 3.05) is 25.5 Å². The van der Waals surface area contributed by atoms with Crippen molar-refractivity contribution in [3.05, 3.63) is 64.7 Å². The van der Waals surface area contributed by atoms with Crippen LogP contribution < -0.4 is 10.5 Å². The van der Waals surface area contributed by atoms with E-state index < -0.39 is 12.4 Å². The fourth-order valence-corrected chi connectivity index (χ4v) is 4.58. The molecule has 3 heterocycles. The number of carbonyl (C=O) groups excluding carboxylic acids is 1. The van der Waals surface area contributed by atoms with Crippen LogP contribution in [0.4, 0.5) is 19.0 Å². The highest BCUT2D eigenvalue weighted by Gasteiger charge is 2.33. The molecule has 7 nitrogen and oxygen atoms in total. The van der Waals surface area contributed by atoms with Crippen molar-refractivity contribution in [2.45, 2.75) is 32.0 Å². The minimum Gasteiger partial charge on any atom is -0.406 e. The van der Waals surface area contributed by atoms with Crippen LogP contribution in [0.5, 0.6) is 5.75 Å². The van der Waals surface area contributed by atoms with Gasteiger partial charge in [0, 0.05) is 23.1 Å². The Balaban J connectivity index is 1.45. The maximum Gasteiger partial charge on any atom is 0.573 e. The van der Waals surface area contributed by atoms with E-state index in [1.165, 1.54) is 24.3 Å². The number of fused-ring (bicyclic) bond motifs is 3. The number of halogens is 3. The molecule has 1 amide bonds. The Labute approximate surface area is 193 Å². The van der Waals surface area contributed by atoms with Crippen molar-refractivity contribution in [1.29, 1.82) is 0 Å². The largest absolute Gasteiger partial charge is 0.573 e. The van der Waals surface area contributed by atoms with Gasteiger partial charge in [0.05, 0.1) is 37.5 Å². The normalized spacial score (nSPS) is 20.4. The van der Waals surface area contributed by atoms with Gasteiger partial charge in [0.2, 0.25) is 0 Å². The number of alkyl halides is 3. The van der Waals surface area contributed by atoms with E-state index in [-0.39, 0.29) is 24.4 Å². The number of pyridine rings is 1. The van der Waals surface area contributed by atoms with Crippen molar-refractivity contribution < 1.29 is 32.2 Å². The molecule has 0 saturated carbocycles. The molecule has 0 aliphatic carbocycles. The number of ether oxygens (including phenoxy) is 3. The molecule has 2 aliphatic rings. The average molecular weight is 473 g/mol. The van der Waals surface area contributed by atoms with E-state index in [9.17, 15) is 18.0 Å². The summed E-state index contributed by atoms with van der Waals surface area (Å²) < 4.78 is 52.7. The summed E-state index contributed by atoms with van der Waals surface area (Å²) in [5, 5.41) is 0.817. The van der Waals surface area contributed by atoms with E-state index in [0.717, 1.165) is 16.5 Å². The first-order valence-corrected chi connectivity index (χ1v) is 10.8. The molecule has 0 bridgehead atoms. The number of anilines is 1. The predicted octanol–water partition coefficient (Wildman–Crippen LogP) is 4.52. The molecule has 2 atom stereocenters. The van der Waals surface area contributed by atoms with Crippen LogP contribution in [-0.2, 0) is 16.1 Å². The maximum absolute atomic E-state index is 13.5. The lowest BCUT2D eigenvalue weighted by molar-refractivity contribution is -0.274. The van der Waals surface area contributed by atoms with Gasteiger partial charge in [-0.1, -0.05) is 12.1 Å². The number of nitrogen functional groups attached to an aromatic ring is 1. The van der Waals surface area contributed by atoms with E-state index in [1.807, 2.05) is 6.92 Å². The smallest absolute Gasteiger partial charge is 0.406 e. The second kappa shape index (κ2) is 8.44. The van der Waals surface area contributed by atoms with Gasteiger partial charge in [-0.3, -0.25) is 4.79 Å². The fraction of sp³-hybridized carbons (Fsp3) is 0.333. The molecule has 0 spiro atoms. The Morgan fingerprint density at radius 1 is 1.21 bits per heavy atom. The number of nitrogens with zero attached hydrogens (tertiary/aromatic N) is 2. The minimum atomic E-state index is -4.77. The van der Waals surface area contributed by atoms with Crippen LogP contribution >= 0.6 is 0 Å². The number of amides is 1. The van der Waals surface area contributed by atoms with Crippen LogP contribution in [0.3, 0.4) is 0 Å². The van der Waals surface area contributed by atoms with E-state index in [0.29, 0.717) is 42.2 Å². The molecule has 10 heteroatoms. The van der Waals surface area contributed by atoms with Crippen molar-refractivity contribution in [3.8, 4) is 5.75 Å². The van der Waals surface area contributed by atoms with Crippen molar-refractivity contribution >= 4 is 22.6 Å². The van der Waals surface area contributed by atoms with Crippen LogP contribution in [-0.4, -0.2) is 41.9 Å². The third kappa shape index (κ3) is 4.14. The lowest BCUT2D eigenvalue weighted by Gasteiger charge is -2.36. The van der Waals surface area contributed by atoms with Crippen LogP contribution in [0.25, 0.3) is 10.9 Å². The molecule has 2 N–H and O–H groups in total. The van der Waals surface area contributed by atoms with E-state index in [4.69, 9.17) is 15.2 Å². The van der Waals surface area contributed by atoms with Crippen molar-refractivity contribution in [3.63, 3.8) is 0 Å². The van der Waals surface area contributed by atoms with Crippen molar-refractivity contribution in [1.82, 2.24) is 9.88 Å². The van der Waals surface area contributed by atoms with Gasteiger partial charge in [-0.15, -0.1) is 13.2 Å². The summed E-state index contributed by atoms with van der Waals surface area (Å²) in [6.07, 6.45) is -4.94. The number of aromatic nitrogens is 1. The van der Waals surface area contributed by atoms with Gasteiger partial charge in [0.15, 0.2) is 0 Å². The van der Waals surface area contributed by atoms with Gasteiger partial charge in [-0.2, -0.15) is 0 Å². The van der Waals surface area contributed by atoms with Crippen molar-refractivity contribution in [2.24, 2.45) is 0 Å². The summed E-state index contributed by atoms with van der Waals surface area (Å²) in [6.45, 7) is 3.25. The number of morpholine rings is 1. The van der Waals surface area contributed by atoms with Crippen LogP contribution in [0, 0.1) is 0 Å². The molecular formula is C24H22F3N3O4. The monoisotopic (exact) mass is 473 g/mol. The summed E-state index contributed by atoms with van der Waals surface area (Å²) in [6, 6.07) is 10.3. The molecule has 2 aromatic carbocycles. The van der Waals surface area contributed by atoms with Gasteiger partial charge in [-0.05, 0) is 48.4 Å². The van der Waals surface area contributed by atoms with Crippen LogP contribution in [0.1, 0.15) is 46.1 Å². The topological polar surface area (TPSA) is 86.9 Å². The molecule has 34 heavy (non-hydrogen) atoms. The molecule has 178 valence electrons. The zero-order chi connectivity index (χ0) is 24.0. The first-order valence-electron chi connectivity index (χ1n) is 10.8. The molecule has 2 aliphatic heterocycles. The Bertz CT molecular complexity index is 1250. The number of rotatable bonds is 3. The molecule has 0 unspecified atom stereocenters. The molecule has 1 fully saturated rings. The van der Waals surface area contributed by atoms with Crippen LogP contribution in [0.2, 0.25) is 0 Å².